The van der Waals surface area contributed by atoms with Gasteiger partial charge in [-0.05, 0) is 63.9 Å². The second-order valence-corrected chi connectivity index (χ2v) is 15.5. The smallest absolute Gasteiger partial charge is 0.0999 e. The van der Waals surface area contributed by atoms with Crippen LogP contribution in [0.1, 0.15) is 52.7 Å². The van der Waals surface area contributed by atoms with Crippen molar-refractivity contribution >= 4 is 47.8 Å². The van der Waals surface area contributed by atoms with Gasteiger partial charge in [-0.2, -0.15) is 0 Å². The SMILES string of the molecule is CC(C)(C)c1cc(Br)cc(-n2cnc(-c3ccccc3)c2)c1.CC(C)(C)c1cc(Br)cc(Br)c1.c1ccc(-c2cnc[nH]2)cc1. The van der Waals surface area contributed by atoms with Gasteiger partial charge in [0.25, 0.3) is 0 Å². The monoisotopic (exact) mass is 788 g/mol. The molecule has 7 heteroatoms. The first-order valence-electron chi connectivity index (χ1n) is 14.7. The molecule has 0 aliphatic rings. The van der Waals surface area contributed by atoms with Gasteiger partial charge in [0, 0.05) is 30.9 Å². The molecule has 0 amide bonds. The number of benzene rings is 4. The zero-order chi connectivity index (χ0) is 32.6. The van der Waals surface area contributed by atoms with E-state index in [0.29, 0.717) is 0 Å². The predicted octanol–water partition coefficient (Wildman–Crippen LogP) is 12.2. The Hall–Kier alpha value is -3.26. The molecule has 0 unspecified atom stereocenters. The van der Waals surface area contributed by atoms with Crippen molar-refractivity contribution in [3.63, 3.8) is 0 Å². The highest BCUT2D eigenvalue weighted by molar-refractivity contribution is 9.11. The zero-order valence-corrected chi connectivity index (χ0v) is 31.3. The Labute approximate surface area is 292 Å². The molecular formula is C38H39Br3N4. The molecule has 6 aromatic rings. The maximum atomic E-state index is 4.53. The number of hydrogen-bond acceptors (Lipinski definition) is 2. The molecule has 0 radical (unpaired) electrons. The van der Waals surface area contributed by atoms with Gasteiger partial charge in [-0.15, -0.1) is 0 Å². The lowest BCUT2D eigenvalue weighted by atomic mass is 9.87. The van der Waals surface area contributed by atoms with E-state index < -0.39 is 0 Å². The van der Waals surface area contributed by atoms with Gasteiger partial charge >= 0.3 is 0 Å². The number of H-pyrrole nitrogens is 1. The number of nitrogens with zero attached hydrogens (tertiary/aromatic N) is 3. The van der Waals surface area contributed by atoms with Crippen LogP contribution in [0.5, 0.6) is 0 Å². The largest absolute Gasteiger partial charge is 0.345 e. The average molecular weight is 791 g/mol. The highest BCUT2D eigenvalue weighted by Gasteiger charge is 2.16. The third-order valence-electron chi connectivity index (χ3n) is 7.01. The van der Waals surface area contributed by atoms with Crippen molar-refractivity contribution < 1.29 is 0 Å². The van der Waals surface area contributed by atoms with Crippen LogP contribution >= 0.6 is 47.8 Å². The fraction of sp³-hybridized carbons (Fsp3) is 0.211. The maximum absolute atomic E-state index is 4.53. The standard InChI is InChI=1S/C19H19BrN2.C10H12Br2.C9H8N2/c1-19(2,3)15-9-16(20)11-17(10-15)22-12-18(21-13-22)14-7-5-4-6-8-14;1-10(2,3)7-4-8(11)6-9(12)5-7;1-2-4-8(5-3-1)9-6-10-7-11-9/h4-13H,1-3H3;4-6H,1-3H3;1-7H,(H,10,11). The molecule has 1 N–H and O–H groups in total. The Morgan fingerprint density at radius 3 is 1.64 bits per heavy atom. The number of rotatable bonds is 3. The van der Waals surface area contributed by atoms with Gasteiger partial charge < -0.3 is 9.55 Å². The molecule has 0 saturated heterocycles. The number of halogens is 3. The van der Waals surface area contributed by atoms with Gasteiger partial charge in [0.05, 0.1) is 30.2 Å². The molecule has 0 saturated carbocycles. The Morgan fingerprint density at radius 2 is 1.13 bits per heavy atom. The average Bonchev–Trinajstić information content (AvgIpc) is 3.71. The summed E-state index contributed by atoms with van der Waals surface area (Å²) in [5, 5.41) is 0. The minimum atomic E-state index is 0.112. The lowest BCUT2D eigenvalue weighted by Gasteiger charge is -2.20. The number of aromatic amines is 1. The van der Waals surface area contributed by atoms with Crippen molar-refractivity contribution in [3.05, 3.63) is 147 Å². The van der Waals surface area contributed by atoms with Crippen LogP contribution in [-0.4, -0.2) is 19.5 Å². The van der Waals surface area contributed by atoms with Crippen molar-refractivity contribution in [2.75, 3.05) is 0 Å². The number of hydrogen-bond donors (Lipinski definition) is 1. The normalized spacial score (nSPS) is 11.2. The van der Waals surface area contributed by atoms with E-state index in [9.17, 15) is 0 Å². The summed E-state index contributed by atoms with van der Waals surface area (Å²) in [4.78, 5) is 11.5. The first-order valence-corrected chi connectivity index (χ1v) is 17.1. The molecule has 45 heavy (non-hydrogen) atoms. The molecule has 6 rings (SSSR count). The van der Waals surface area contributed by atoms with E-state index in [1.165, 1.54) is 16.7 Å². The van der Waals surface area contributed by atoms with Crippen LogP contribution in [0.25, 0.3) is 28.2 Å². The van der Waals surface area contributed by atoms with Crippen LogP contribution in [0.15, 0.2) is 136 Å². The van der Waals surface area contributed by atoms with Crippen LogP contribution in [-0.2, 0) is 10.8 Å². The van der Waals surface area contributed by atoms with E-state index in [0.717, 1.165) is 36.1 Å². The van der Waals surface area contributed by atoms with Crippen molar-refractivity contribution in [3.8, 4) is 28.2 Å². The molecule has 0 atom stereocenters. The Balaban J connectivity index is 0.000000169. The summed E-state index contributed by atoms with van der Waals surface area (Å²) >= 11 is 10.6. The van der Waals surface area contributed by atoms with Gasteiger partial charge in [-0.25, -0.2) is 9.97 Å². The highest BCUT2D eigenvalue weighted by Crippen LogP contribution is 2.30. The fourth-order valence-electron chi connectivity index (χ4n) is 4.40. The molecule has 4 nitrogen and oxygen atoms in total. The second kappa shape index (κ2) is 15.4. The van der Waals surface area contributed by atoms with Gasteiger partial charge in [-0.1, -0.05) is 150 Å². The summed E-state index contributed by atoms with van der Waals surface area (Å²) in [6.45, 7) is 13.3. The summed E-state index contributed by atoms with van der Waals surface area (Å²) in [6, 6.07) is 33.2. The Morgan fingerprint density at radius 1 is 0.622 bits per heavy atom. The molecule has 0 bridgehead atoms. The van der Waals surface area contributed by atoms with Gasteiger partial charge in [-0.3, -0.25) is 0 Å². The van der Waals surface area contributed by atoms with E-state index in [2.05, 4.69) is 164 Å². The molecule has 4 aromatic carbocycles. The summed E-state index contributed by atoms with van der Waals surface area (Å²) in [5.74, 6) is 0. The maximum Gasteiger partial charge on any atom is 0.0999 e. The van der Waals surface area contributed by atoms with Crippen molar-refractivity contribution in [2.45, 2.75) is 52.4 Å². The zero-order valence-electron chi connectivity index (χ0n) is 26.5. The second-order valence-electron chi connectivity index (χ2n) is 12.7. The number of imidazole rings is 2. The lowest BCUT2D eigenvalue weighted by Crippen LogP contribution is -2.11. The quantitative estimate of drug-likeness (QED) is 0.194. The van der Waals surface area contributed by atoms with Crippen LogP contribution in [0.3, 0.4) is 0 Å². The van der Waals surface area contributed by atoms with E-state index in [1.54, 1.807) is 6.33 Å². The third kappa shape index (κ3) is 10.4. The topological polar surface area (TPSA) is 46.5 Å². The Bertz CT molecular complexity index is 1760. The predicted molar refractivity (Wildman–Crippen MR) is 200 cm³/mol. The number of nitrogens with one attached hydrogen (secondary N) is 1. The van der Waals surface area contributed by atoms with Crippen LogP contribution in [0.2, 0.25) is 0 Å². The molecular weight excluding hydrogens is 752 g/mol. The summed E-state index contributed by atoms with van der Waals surface area (Å²) in [7, 11) is 0. The van der Waals surface area contributed by atoms with Crippen LogP contribution in [0, 0.1) is 0 Å². The lowest BCUT2D eigenvalue weighted by molar-refractivity contribution is 0.589. The third-order valence-corrected chi connectivity index (χ3v) is 8.38. The molecule has 0 spiro atoms. The van der Waals surface area contributed by atoms with Crippen molar-refractivity contribution in [2.24, 2.45) is 0 Å². The molecule has 0 fully saturated rings. The van der Waals surface area contributed by atoms with E-state index in [1.807, 2.05) is 61.1 Å². The Kier molecular flexibility index (Phi) is 11.8. The summed E-state index contributed by atoms with van der Waals surface area (Å²) in [6.07, 6.45) is 7.44. The van der Waals surface area contributed by atoms with Gasteiger partial charge in [0.1, 0.15) is 0 Å². The molecule has 0 aliphatic heterocycles. The van der Waals surface area contributed by atoms with Gasteiger partial charge in [0.2, 0.25) is 0 Å². The van der Waals surface area contributed by atoms with E-state index >= 15 is 0 Å². The molecule has 2 heterocycles. The first kappa shape index (κ1) is 34.6. The fourth-order valence-corrected chi connectivity index (χ4v) is 6.17. The van der Waals surface area contributed by atoms with Crippen molar-refractivity contribution in [1.82, 2.24) is 19.5 Å². The highest BCUT2D eigenvalue weighted by atomic mass is 79.9. The number of aromatic nitrogens is 4. The molecule has 232 valence electrons. The summed E-state index contributed by atoms with van der Waals surface area (Å²) in [5.41, 5.74) is 8.43. The van der Waals surface area contributed by atoms with Gasteiger partial charge in [0.15, 0.2) is 0 Å². The van der Waals surface area contributed by atoms with Crippen LogP contribution < -0.4 is 0 Å². The minimum Gasteiger partial charge on any atom is -0.345 e. The first-order chi connectivity index (χ1) is 21.3. The molecule has 0 aliphatic carbocycles. The molecule has 2 aromatic heterocycles. The van der Waals surface area contributed by atoms with Crippen molar-refractivity contribution in [1.29, 1.82) is 0 Å². The van der Waals surface area contributed by atoms with Crippen LogP contribution in [0.4, 0.5) is 0 Å². The van der Waals surface area contributed by atoms with E-state index in [4.69, 9.17) is 0 Å². The minimum absolute atomic E-state index is 0.112. The van der Waals surface area contributed by atoms with E-state index in [-0.39, 0.29) is 10.8 Å². The summed E-state index contributed by atoms with van der Waals surface area (Å²) < 4.78 is 5.41.